The van der Waals surface area contributed by atoms with Gasteiger partial charge in [-0.2, -0.15) is 5.10 Å². The van der Waals surface area contributed by atoms with Crippen LogP contribution in [0.3, 0.4) is 0 Å². The molecule has 202 valence electrons. The minimum atomic E-state index is -1.13. The number of rotatable bonds is 4. The summed E-state index contributed by atoms with van der Waals surface area (Å²) in [6, 6.07) is 27.0. The van der Waals surface area contributed by atoms with Gasteiger partial charge in [-0.3, -0.25) is 14.4 Å². The van der Waals surface area contributed by atoms with E-state index in [2.05, 4.69) is 10.5 Å². The summed E-state index contributed by atoms with van der Waals surface area (Å²) >= 11 is 18.7. The van der Waals surface area contributed by atoms with Crippen LogP contribution in [0, 0.1) is 11.8 Å². The van der Waals surface area contributed by atoms with Gasteiger partial charge in [0, 0.05) is 17.2 Å². The van der Waals surface area contributed by atoms with Crippen molar-refractivity contribution in [1.29, 1.82) is 0 Å². The Hall–Kier alpha value is -3.97. The number of nitrogens with zero attached hydrogens (tertiary/aromatic N) is 2. The van der Waals surface area contributed by atoms with E-state index >= 15 is 0 Å². The van der Waals surface area contributed by atoms with E-state index in [1.807, 2.05) is 48.5 Å². The summed E-state index contributed by atoms with van der Waals surface area (Å²) in [4.78, 5) is 42.8. The molecule has 4 aromatic carbocycles. The monoisotopic (exact) mass is 599 g/mol. The molecule has 1 heterocycles. The molecular weight excluding hydrogens is 581 g/mol. The average Bonchev–Trinajstić information content (AvgIpc) is 3.24. The maximum atomic E-state index is 14.4. The highest BCUT2D eigenvalue weighted by atomic mass is 35.5. The lowest BCUT2D eigenvalue weighted by molar-refractivity contribution is -0.122. The fourth-order valence-corrected chi connectivity index (χ4v) is 7.56. The molecule has 3 amide bonds. The summed E-state index contributed by atoms with van der Waals surface area (Å²) in [6.45, 7) is 0. The maximum absolute atomic E-state index is 14.4. The molecule has 2 atom stereocenters. The van der Waals surface area contributed by atoms with Crippen LogP contribution >= 0.6 is 34.8 Å². The summed E-state index contributed by atoms with van der Waals surface area (Å²) in [5.74, 6) is -3.02. The quantitative estimate of drug-likeness (QED) is 0.163. The summed E-state index contributed by atoms with van der Waals surface area (Å²) in [7, 11) is 0. The first kappa shape index (κ1) is 26.0. The maximum Gasteiger partial charge on any atom is 0.272 e. The van der Waals surface area contributed by atoms with E-state index in [4.69, 9.17) is 34.8 Å². The predicted molar refractivity (Wildman–Crippen MR) is 159 cm³/mol. The van der Waals surface area contributed by atoms with Gasteiger partial charge in [0.15, 0.2) is 0 Å². The van der Waals surface area contributed by atoms with Gasteiger partial charge in [0.05, 0.1) is 38.5 Å². The molecule has 2 bridgehead atoms. The van der Waals surface area contributed by atoms with Crippen LogP contribution in [0.2, 0.25) is 15.1 Å². The number of carbonyl (C=O) groups is 3. The van der Waals surface area contributed by atoms with Crippen molar-refractivity contribution in [2.24, 2.45) is 16.9 Å². The minimum Gasteiger partial charge on any atom is -0.274 e. The fraction of sp³-hybridized carbons (Fsp3) is 0.125. The van der Waals surface area contributed by atoms with Gasteiger partial charge in [0.1, 0.15) is 0 Å². The van der Waals surface area contributed by atoms with Gasteiger partial charge in [-0.25, -0.2) is 10.3 Å². The zero-order valence-corrected chi connectivity index (χ0v) is 23.5. The smallest absolute Gasteiger partial charge is 0.272 e. The largest absolute Gasteiger partial charge is 0.274 e. The number of carbonyl (C=O) groups excluding carboxylic acids is 3. The first-order chi connectivity index (χ1) is 19.8. The number of hydrogen-bond acceptors (Lipinski definition) is 4. The Morgan fingerprint density at radius 1 is 0.805 bits per heavy atom. The van der Waals surface area contributed by atoms with E-state index in [1.165, 1.54) is 17.0 Å². The molecule has 9 heteroatoms. The molecule has 4 aromatic rings. The first-order valence-corrected chi connectivity index (χ1v) is 14.1. The van der Waals surface area contributed by atoms with Crippen molar-refractivity contribution in [3.8, 4) is 0 Å². The fourth-order valence-electron chi connectivity index (χ4n) is 6.85. The third-order valence-corrected chi connectivity index (χ3v) is 9.25. The normalized spacial score (nSPS) is 23.9. The number of anilines is 1. The average molecular weight is 601 g/mol. The molecule has 0 radical (unpaired) electrons. The zero-order valence-electron chi connectivity index (χ0n) is 21.2. The Morgan fingerprint density at radius 2 is 1.44 bits per heavy atom. The molecule has 0 spiro atoms. The van der Waals surface area contributed by atoms with Crippen molar-refractivity contribution in [3.05, 3.63) is 134 Å². The lowest BCUT2D eigenvalue weighted by Crippen LogP contribution is -2.54. The summed E-state index contributed by atoms with van der Waals surface area (Å²) in [6.07, 6.45) is 1.60. The van der Waals surface area contributed by atoms with E-state index in [-0.39, 0.29) is 28.3 Å². The molecule has 3 aliphatic carbocycles. The van der Waals surface area contributed by atoms with E-state index in [1.54, 1.807) is 36.5 Å². The lowest BCUT2D eigenvalue weighted by atomic mass is 9.47. The number of hydrazone groups is 1. The highest BCUT2D eigenvalue weighted by Crippen LogP contribution is 2.63. The van der Waals surface area contributed by atoms with Crippen molar-refractivity contribution in [2.75, 3.05) is 4.90 Å². The van der Waals surface area contributed by atoms with Crippen LogP contribution in [-0.2, 0) is 15.0 Å². The van der Waals surface area contributed by atoms with Gasteiger partial charge in [0.25, 0.3) is 5.91 Å². The van der Waals surface area contributed by atoms with Crippen LogP contribution < -0.4 is 10.3 Å². The van der Waals surface area contributed by atoms with Gasteiger partial charge >= 0.3 is 0 Å². The highest BCUT2D eigenvalue weighted by molar-refractivity contribution is 6.37. The van der Waals surface area contributed by atoms with Crippen molar-refractivity contribution in [1.82, 2.24) is 5.43 Å². The van der Waals surface area contributed by atoms with Crippen LogP contribution in [0.1, 0.15) is 38.5 Å². The number of nitrogens with one attached hydrogen (secondary N) is 1. The topological polar surface area (TPSA) is 78.8 Å². The number of halogens is 3. The third kappa shape index (κ3) is 3.64. The predicted octanol–water partition coefficient (Wildman–Crippen LogP) is 6.61. The van der Waals surface area contributed by atoms with Crippen LogP contribution in [0.25, 0.3) is 0 Å². The minimum absolute atomic E-state index is 0.184. The summed E-state index contributed by atoms with van der Waals surface area (Å²) < 4.78 is 0. The van der Waals surface area contributed by atoms with E-state index in [0.717, 1.165) is 22.3 Å². The molecule has 6 nitrogen and oxygen atoms in total. The van der Waals surface area contributed by atoms with Crippen molar-refractivity contribution < 1.29 is 14.4 Å². The second kappa shape index (κ2) is 9.55. The molecule has 0 saturated carbocycles. The first-order valence-electron chi connectivity index (χ1n) is 13.0. The lowest BCUT2D eigenvalue weighted by Gasteiger charge is -2.52. The Kier molecular flexibility index (Phi) is 6.05. The Bertz CT molecular complexity index is 1770. The number of amides is 3. The molecule has 0 unspecified atom stereocenters. The van der Waals surface area contributed by atoms with E-state index in [9.17, 15) is 14.4 Å². The number of para-hydroxylation sites is 1. The number of benzene rings is 4. The molecule has 0 aromatic heterocycles. The van der Waals surface area contributed by atoms with Crippen molar-refractivity contribution >= 4 is 64.4 Å². The summed E-state index contributed by atoms with van der Waals surface area (Å²) in [5, 5.41) is 5.31. The Balaban J connectivity index is 1.40. The van der Waals surface area contributed by atoms with Gasteiger partial charge in [-0.15, -0.1) is 0 Å². The van der Waals surface area contributed by atoms with Crippen molar-refractivity contribution in [2.45, 2.75) is 11.3 Å². The number of hydrogen-bond donors (Lipinski definition) is 1. The molecular formula is C32H20Cl3N3O3. The molecule has 4 aliphatic rings. The third-order valence-electron chi connectivity index (χ3n) is 8.39. The second-order valence-corrected chi connectivity index (χ2v) is 11.6. The molecule has 1 aliphatic heterocycles. The highest BCUT2D eigenvalue weighted by Gasteiger charge is 2.68. The van der Waals surface area contributed by atoms with Crippen molar-refractivity contribution in [3.63, 3.8) is 0 Å². The molecule has 1 saturated heterocycles. The molecule has 41 heavy (non-hydrogen) atoms. The van der Waals surface area contributed by atoms with Crippen LogP contribution in [0.15, 0.2) is 96.1 Å². The van der Waals surface area contributed by atoms with Gasteiger partial charge < -0.3 is 0 Å². The van der Waals surface area contributed by atoms with Gasteiger partial charge in [-0.1, -0.05) is 95.5 Å². The Morgan fingerprint density at radius 3 is 2.10 bits per heavy atom. The molecule has 1 fully saturated rings. The Labute approximate surface area is 250 Å². The van der Waals surface area contributed by atoms with Crippen LogP contribution in [0.5, 0.6) is 0 Å². The zero-order chi connectivity index (χ0) is 28.5. The van der Waals surface area contributed by atoms with E-state index in [0.29, 0.717) is 15.7 Å². The SMILES string of the molecule is O=C(N/N=C\C12c3ccccc3C(c3ccccc31)[C@@H]1C(=O)N(c3ccccc3Cl)C(=O)[C@@H]12)c1ccc(Cl)cc1Cl. The van der Waals surface area contributed by atoms with Gasteiger partial charge in [0.2, 0.25) is 11.8 Å². The second-order valence-electron chi connectivity index (χ2n) is 10.3. The standard InChI is InChI=1S/C32H20Cl3N3O3/c33-17-13-14-20(24(35)15-17)29(39)37-36-16-32-21-9-3-1-7-18(21)26(19-8-2-4-10-22(19)32)27-28(32)31(41)38(30(27)40)25-12-6-5-11-23(25)34/h1-16,26-28H,(H,37,39)/b36-16-/t26?,27-,28+,32?/m0/s1. The van der Waals surface area contributed by atoms with Gasteiger partial charge in [-0.05, 0) is 52.6 Å². The number of imide groups is 1. The van der Waals surface area contributed by atoms with Crippen LogP contribution in [-0.4, -0.2) is 23.9 Å². The van der Waals surface area contributed by atoms with Crippen LogP contribution in [0.4, 0.5) is 5.69 Å². The van der Waals surface area contributed by atoms with E-state index < -0.39 is 23.2 Å². The molecule has 1 N–H and O–H groups in total. The molecule has 8 rings (SSSR count). The summed E-state index contributed by atoms with van der Waals surface area (Å²) in [5.41, 5.74) is 5.64.